The molecule has 0 bridgehead atoms. The van der Waals surface area contributed by atoms with Crippen molar-refractivity contribution in [1.29, 1.82) is 5.26 Å². The first-order chi connectivity index (χ1) is 9.44. The van der Waals surface area contributed by atoms with Gasteiger partial charge in [-0.15, -0.1) is 0 Å². The van der Waals surface area contributed by atoms with Gasteiger partial charge in [0, 0.05) is 6.04 Å². The number of sulfonamides is 1. The summed E-state index contributed by atoms with van der Waals surface area (Å²) in [6.45, 7) is 2.03. The van der Waals surface area contributed by atoms with E-state index in [2.05, 4.69) is 4.72 Å². The minimum absolute atomic E-state index is 0.0618. The number of rotatable bonds is 3. The smallest absolute Gasteiger partial charge is 0.208 e. The van der Waals surface area contributed by atoms with Crippen molar-refractivity contribution in [3.63, 3.8) is 0 Å². The van der Waals surface area contributed by atoms with Crippen LogP contribution in [0.3, 0.4) is 0 Å². The van der Waals surface area contributed by atoms with Gasteiger partial charge in [0.2, 0.25) is 10.0 Å². The van der Waals surface area contributed by atoms with Crippen LogP contribution >= 0.6 is 0 Å². The molecule has 2 rings (SSSR count). The van der Waals surface area contributed by atoms with Crippen LogP contribution in [0.5, 0.6) is 0 Å². The fourth-order valence-corrected chi connectivity index (χ4v) is 3.92. The van der Waals surface area contributed by atoms with E-state index in [-0.39, 0.29) is 22.4 Å². The summed E-state index contributed by atoms with van der Waals surface area (Å²) in [6, 6.07) is 4.83. The van der Waals surface area contributed by atoms with E-state index in [1.807, 2.05) is 6.92 Å². The standard InChI is InChI=1S/C14H17FN2O2S/c1-10-4-2-3-5-14(10)17-20(18,19)12-6-7-13(15)11(8-12)9-16/h6-8,10,14,17H,2-5H2,1H3. The highest BCUT2D eigenvalue weighted by molar-refractivity contribution is 7.89. The lowest BCUT2D eigenvalue weighted by Crippen LogP contribution is -2.41. The van der Waals surface area contributed by atoms with Gasteiger partial charge in [0.05, 0.1) is 10.5 Å². The maximum Gasteiger partial charge on any atom is 0.240 e. The average Bonchev–Trinajstić information content (AvgIpc) is 2.41. The monoisotopic (exact) mass is 296 g/mol. The predicted molar refractivity (Wildman–Crippen MR) is 72.9 cm³/mol. The van der Waals surface area contributed by atoms with E-state index in [9.17, 15) is 12.8 Å². The van der Waals surface area contributed by atoms with Gasteiger partial charge in [-0.2, -0.15) is 5.26 Å². The van der Waals surface area contributed by atoms with Crippen molar-refractivity contribution < 1.29 is 12.8 Å². The number of halogens is 1. The van der Waals surface area contributed by atoms with Crippen molar-refractivity contribution in [3.05, 3.63) is 29.6 Å². The van der Waals surface area contributed by atoms with Crippen LogP contribution in [0, 0.1) is 23.1 Å². The minimum Gasteiger partial charge on any atom is -0.208 e. The van der Waals surface area contributed by atoms with Crippen LogP contribution in [0.25, 0.3) is 0 Å². The van der Waals surface area contributed by atoms with Gasteiger partial charge in [-0.3, -0.25) is 0 Å². The molecule has 0 aliphatic heterocycles. The van der Waals surface area contributed by atoms with Crippen LogP contribution in [0.2, 0.25) is 0 Å². The van der Waals surface area contributed by atoms with Crippen molar-refractivity contribution in [2.75, 3.05) is 0 Å². The Kier molecular flexibility index (Phi) is 4.41. The normalized spacial score (nSPS) is 23.2. The molecule has 1 aromatic carbocycles. The first-order valence-electron chi connectivity index (χ1n) is 6.66. The van der Waals surface area contributed by atoms with Crippen LogP contribution in [0.15, 0.2) is 23.1 Å². The summed E-state index contributed by atoms with van der Waals surface area (Å²) in [5, 5.41) is 8.77. The maximum atomic E-state index is 13.2. The van der Waals surface area contributed by atoms with Crippen molar-refractivity contribution in [3.8, 4) is 6.07 Å². The number of benzene rings is 1. The Morgan fingerprint density at radius 1 is 1.35 bits per heavy atom. The van der Waals surface area contributed by atoms with Crippen LogP contribution in [-0.2, 0) is 10.0 Å². The summed E-state index contributed by atoms with van der Waals surface area (Å²) < 4.78 is 40.5. The summed E-state index contributed by atoms with van der Waals surface area (Å²) in [5.41, 5.74) is -0.260. The molecule has 108 valence electrons. The highest BCUT2D eigenvalue weighted by Crippen LogP contribution is 2.25. The lowest BCUT2D eigenvalue weighted by atomic mass is 9.87. The zero-order valence-corrected chi connectivity index (χ0v) is 12.1. The van der Waals surface area contributed by atoms with E-state index in [0.29, 0.717) is 0 Å². The lowest BCUT2D eigenvalue weighted by Gasteiger charge is -2.29. The zero-order chi connectivity index (χ0) is 14.8. The Labute approximate surface area is 118 Å². The molecule has 1 aliphatic rings. The van der Waals surface area contributed by atoms with Crippen LogP contribution < -0.4 is 4.72 Å². The molecule has 0 aromatic heterocycles. The van der Waals surface area contributed by atoms with Gasteiger partial charge in [-0.25, -0.2) is 17.5 Å². The van der Waals surface area contributed by atoms with E-state index in [4.69, 9.17) is 5.26 Å². The molecule has 0 saturated heterocycles. The van der Waals surface area contributed by atoms with E-state index >= 15 is 0 Å². The van der Waals surface area contributed by atoms with Crippen LogP contribution in [-0.4, -0.2) is 14.5 Å². The molecule has 4 nitrogen and oxygen atoms in total. The molecule has 0 spiro atoms. The molecule has 0 amide bonds. The molecular formula is C14H17FN2O2S. The van der Waals surface area contributed by atoms with Crippen molar-refractivity contribution in [1.82, 2.24) is 4.72 Å². The Morgan fingerprint density at radius 2 is 2.05 bits per heavy atom. The van der Waals surface area contributed by atoms with Gasteiger partial charge >= 0.3 is 0 Å². The first-order valence-corrected chi connectivity index (χ1v) is 8.14. The molecule has 2 unspecified atom stereocenters. The van der Waals surface area contributed by atoms with Gasteiger partial charge in [0.15, 0.2) is 0 Å². The first kappa shape index (κ1) is 14.9. The second kappa shape index (κ2) is 5.90. The van der Waals surface area contributed by atoms with E-state index in [1.165, 1.54) is 6.07 Å². The second-order valence-corrected chi connectivity index (χ2v) is 6.96. The highest BCUT2D eigenvalue weighted by Gasteiger charge is 2.27. The Balaban J connectivity index is 2.24. The average molecular weight is 296 g/mol. The number of nitriles is 1. The highest BCUT2D eigenvalue weighted by atomic mass is 32.2. The Morgan fingerprint density at radius 3 is 2.70 bits per heavy atom. The third-order valence-corrected chi connectivity index (χ3v) is 5.27. The Bertz CT molecular complexity index is 637. The minimum atomic E-state index is -3.71. The van der Waals surface area contributed by atoms with Crippen LogP contribution in [0.4, 0.5) is 4.39 Å². The molecular weight excluding hydrogens is 279 g/mol. The van der Waals surface area contributed by atoms with Crippen molar-refractivity contribution in [2.45, 2.75) is 43.5 Å². The van der Waals surface area contributed by atoms with Crippen molar-refractivity contribution >= 4 is 10.0 Å². The topological polar surface area (TPSA) is 70.0 Å². The molecule has 2 atom stereocenters. The lowest BCUT2D eigenvalue weighted by molar-refractivity contribution is 0.310. The second-order valence-electron chi connectivity index (χ2n) is 5.24. The summed E-state index contributed by atoms with van der Waals surface area (Å²) >= 11 is 0. The number of hydrogen-bond donors (Lipinski definition) is 1. The summed E-state index contributed by atoms with van der Waals surface area (Å²) in [6.07, 6.45) is 3.94. The van der Waals surface area contributed by atoms with E-state index in [0.717, 1.165) is 37.8 Å². The quantitative estimate of drug-likeness (QED) is 0.932. The van der Waals surface area contributed by atoms with Gasteiger partial charge < -0.3 is 0 Å². The number of nitrogens with zero attached hydrogens (tertiary/aromatic N) is 1. The third-order valence-electron chi connectivity index (χ3n) is 3.79. The third kappa shape index (κ3) is 3.17. The summed E-state index contributed by atoms with van der Waals surface area (Å²) in [7, 11) is -3.71. The number of hydrogen-bond acceptors (Lipinski definition) is 3. The fraction of sp³-hybridized carbons (Fsp3) is 0.500. The molecule has 6 heteroatoms. The van der Waals surface area contributed by atoms with Gasteiger partial charge in [-0.1, -0.05) is 19.8 Å². The summed E-state index contributed by atoms with van der Waals surface area (Å²) in [5.74, 6) is -0.424. The molecule has 0 radical (unpaired) electrons. The SMILES string of the molecule is CC1CCCCC1NS(=O)(=O)c1ccc(F)c(C#N)c1. The van der Waals surface area contributed by atoms with E-state index in [1.54, 1.807) is 6.07 Å². The van der Waals surface area contributed by atoms with Gasteiger partial charge in [-0.05, 0) is 37.0 Å². The summed E-state index contributed by atoms with van der Waals surface area (Å²) in [4.78, 5) is -0.0618. The van der Waals surface area contributed by atoms with Crippen LogP contribution in [0.1, 0.15) is 38.2 Å². The molecule has 1 aromatic rings. The number of nitrogens with one attached hydrogen (secondary N) is 1. The predicted octanol–water partition coefficient (Wildman–Crippen LogP) is 2.55. The Hall–Kier alpha value is -1.45. The maximum absolute atomic E-state index is 13.2. The largest absolute Gasteiger partial charge is 0.240 e. The van der Waals surface area contributed by atoms with Gasteiger partial charge in [0.1, 0.15) is 11.9 Å². The van der Waals surface area contributed by atoms with E-state index < -0.39 is 15.8 Å². The molecule has 1 saturated carbocycles. The zero-order valence-electron chi connectivity index (χ0n) is 11.3. The fourth-order valence-electron chi connectivity index (χ4n) is 2.52. The molecule has 1 N–H and O–H groups in total. The molecule has 1 fully saturated rings. The van der Waals surface area contributed by atoms with Gasteiger partial charge in [0.25, 0.3) is 0 Å². The molecule has 0 heterocycles. The van der Waals surface area contributed by atoms with Crippen molar-refractivity contribution in [2.24, 2.45) is 5.92 Å². The molecule has 20 heavy (non-hydrogen) atoms. The molecule has 1 aliphatic carbocycles.